The molecule has 1 aliphatic carbocycles. The van der Waals surface area contributed by atoms with Crippen LogP contribution in [0.2, 0.25) is 0 Å². The number of rotatable bonds is 8. The first-order valence-corrected chi connectivity index (χ1v) is 16.2. The normalized spacial score (nSPS) is 12.7. The maximum atomic E-state index is 13.1. The Morgan fingerprint density at radius 1 is 1.00 bits per heavy atom. The zero-order chi connectivity index (χ0) is 28.3. The Labute approximate surface area is 249 Å². The average molecular weight is 602 g/mol. The van der Waals surface area contributed by atoms with Crippen LogP contribution in [0.1, 0.15) is 41.3 Å². The molecule has 0 fully saturated rings. The van der Waals surface area contributed by atoms with Crippen LogP contribution < -0.4 is 10.9 Å². The van der Waals surface area contributed by atoms with Crippen molar-refractivity contribution in [2.75, 3.05) is 17.7 Å². The summed E-state index contributed by atoms with van der Waals surface area (Å²) in [5.41, 5.74) is 6.38. The Morgan fingerprint density at radius 2 is 1.78 bits per heavy atom. The lowest BCUT2D eigenvalue weighted by Crippen LogP contribution is -2.17. The van der Waals surface area contributed by atoms with Gasteiger partial charge in [0.05, 0.1) is 17.7 Å². The molecule has 1 aliphatic rings. The second-order valence-electron chi connectivity index (χ2n) is 9.67. The molecule has 0 spiro atoms. The minimum Gasteiger partial charge on any atom is -0.462 e. The first-order chi connectivity index (χ1) is 20.0. The summed E-state index contributed by atoms with van der Waals surface area (Å²) in [6.45, 7) is 1.97. The lowest BCUT2D eigenvalue weighted by Gasteiger charge is -2.16. The highest BCUT2D eigenvalue weighted by molar-refractivity contribution is 7.99. The van der Waals surface area contributed by atoms with E-state index in [2.05, 4.69) is 33.5 Å². The van der Waals surface area contributed by atoms with E-state index in [1.165, 1.54) is 46.6 Å². The SMILES string of the molecule is CCOC(=O)c1c(-c2ccccc2)csc1NC(=O)CSc1nc2scc(-c3ccc4c(c3)CCCC4)c2c(=O)[nH]1. The molecular formula is C31H27N3O4S3. The number of nitrogens with one attached hydrogen (secondary N) is 2. The van der Waals surface area contributed by atoms with E-state index < -0.39 is 5.97 Å². The van der Waals surface area contributed by atoms with Crippen molar-refractivity contribution in [2.24, 2.45) is 0 Å². The number of thiophene rings is 2. The number of carbonyl (C=O) groups is 2. The number of nitrogens with zero attached hydrogens (tertiary/aromatic N) is 1. The molecule has 2 aromatic carbocycles. The minimum absolute atomic E-state index is 0.0122. The van der Waals surface area contributed by atoms with E-state index in [4.69, 9.17) is 4.74 Å². The van der Waals surface area contributed by atoms with Crippen LogP contribution in [-0.4, -0.2) is 34.2 Å². The number of esters is 1. The summed E-state index contributed by atoms with van der Waals surface area (Å²) in [7, 11) is 0. The molecule has 0 bridgehead atoms. The van der Waals surface area contributed by atoms with Gasteiger partial charge in [-0.2, -0.15) is 0 Å². The van der Waals surface area contributed by atoms with Crippen LogP contribution in [0.4, 0.5) is 5.00 Å². The van der Waals surface area contributed by atoms with Crippen LogP contribution in [0.5, 0.6) is 0 Å². The Bertz CT molecular complexity index is 1810. The maximum Gasteiger partial charge on any atom is 0.341 e. The monoisotopic (exact) mass is 601 g/mol. The minimum atomic E-state index is -0.487. The highest BCUT2D eigenvalue weighted by Gasteiger charge is 2.23. The average Bonchev–Trinajstić information content (AvgIpc) is 3.61. The highest BCUT2D eigenvalue weighted by atomic mass is 32.2. The molecule has 3 heterocycles. The predicted molar refractivity (Wildman–Crippen MR) is 167 cm³/mol. The number of aryl methyl sites for hydroxylation is 2. The number of amides is 1. The first kappa shape index (κ1) is 27.4. The van der Waals surface area contributed by atoms with Crippen molar-refractivity contribution in [3.05, 3.63) is 86.3 Å². The third-order valence-electron chi connectivity index (χ3n) is 7.03. The summed E-state index contributed by atoms with van der Waals surface area (Å²) in [4.78, 5) is 47.0. The zero-order valence-corrected chi connectivity index (χ0v) is 24.8. The molecule has 0 aliphatic heterocycles. The number of hydrogen-bond acceptors (Lipinski definition) is 8. The van der Waals surface area contributed by atoms with Gasteiger partial charge < -0.3 is 15.0 Å². The molecule has 6 rings (SSSR count). The van der Waals surface area contributed by atoms with Crippen LogP contribution in [-0.2, 0) is 22.4 Å². The molecule has 7 nitrogen and oxygen atoms in total. The van der Waals surface area contributed by atoms with E-state index in [-0.39, 0.29) is 23.8 Å². The van der Waals surface area contributed by atoms with Crippen molar-refractivity contribution in [3.8, 4) is 22.3 Å². The number of carbonyl (C=O) groups excluding carboxylic acids is 2. The number of anilines is 1. The van der Waals surface area contributed by atoms with Crippen LogP contribution in [0.15, 0.2) is 69.2 Å². The van der Waals surface area contributed by atoms with Crippen molar-refractivity contribution in [1.82, 2.24) is 9.97 Å². The van der Waals surface area contributed by atoms with Crippen molar-refractivity contribution < 1.29 is 14.3 Å². The molecule has 0 saturated carbocycles. The van der Waals surface area contributed by atoms with Crippen LogP contribution in [0.3, 0.4) is 0 Å². The van der Waals surface area contributed by atoms with Gasteiger partial charge in [-0.05, 0) is 54.9 Å². The zero-order valence-electron chi connectivity index (χ0n) is 22.3. The smallest absolute Gasteiger partial charge is 0.341 e. The van der Waals surface area contributed by atoms with E-state index >= 15 is 0 Å². The predicted octanol–water partition coefficient (Wildman–Crippen LogP) is 7.17. The molecule has 1 amide bonds. The number of benzene rings is 2. The maximum absolute atomic E-state index is 13.1. The fourth-order valence-electron chi connectivity index (χ4n) is 5.09. The quantitative estimate of drug-likeness (QED) is 0.111. The second kappa shape index (κ2) is 12.0. The molecule has 2 N–H and O–H groups in total. The van der Waals surface area contributed by atoms with Crippen molar-refractivity contribution >= 4 is 61.5 Å². The number of H-pyrrole nitrogens is 1. The van der Waals surface area contributed by atoms with Gasteiger partial charge in [0.25, 0.3) is 5.56 Å². The number of fused-ring (bicyclic) bond motifs is 2. The molecule has 0 atom stereocenters. The summed E-state index contributed by atoms with van der Waals surface area (Å²) >= 11 is 3.85. The lowest BCUT2D eigenvalue weighted by atomic mass is 9.89. The third-order valence-corrected chi connectivity index (χ3v) is 9.67. The Kier molecular flexibility index (Phi) is 8.04. The Balaban J connectivity index is 1.19. The summed E-state index contributed by atoms with van der Waals surface area (Å²) < 4.78 is 5.28. The van der Waals surface area contributed by atoms with Gasteiger partial charge in [-0.25, -0.2) is 9.78 Å². The van der Waals surface area contributed by atoms with Crippen molar-refractivity contribution in [1.29, 1.82) is 0 Å². The van der Waals surface area contributed by atoms with Gasteiger partial charge in [0.15, 0.2) is 5.16 Å². The van der Waals surface area contributed by atoms with E-state index in [0.29, 0.717) is 31.5 Å². The molecule has 3 aromatic heterocycles. The largest absolute Gasteiger partial charge is 0.462 e. The van der Waals surface area contributed by atoms with E-state index in [1.54, 1.807) is 6.92 Å². The molecule has 208 valence electrons. The summed E-state index contributed by atoms with van der Waals surface area (Å²) in [6.07, 6.45) is 4.61. The van der Waals surface area contributed by atoms with Crippen molar-refractivity contribution in [2.45, 2.75) is 37.8 Å². The number of aromatic nitrogens is 2. The van der Waals surface area contributed by atoms with Gasteiger partial charge in [0.1, 0.15) is 15.4 Å². The third kappa shape index (κ3) is 5.72. The molecule has 0 unspecified atom stereocenters. The number of aromatic amines is 1. The molecule has 10 heteroatoms. The molecule has 5 aromatic rings. The summed E-state index contributed by atoms with van der Waals surface area (Å²) in [5.74, 6) is -0.789. The first-order valence-electron chi connectivity index (χ1n) is 13.4. The van der Waals surface area contributed by atoms with Gasteiger partial charge in [0, 0.05) is 21.9 Å². The molecule has 41 heavy (non-hydrogen) atoms. The van der Waals surface area contributed by atoms with Gasteiger partial charge in [-0.15, -0.1) is 22.7 Å². The fraction of sp³-hybridized carbons (Fsp3) is 0.226. The topological polar surface area (TPSA) is 101 Å². The van der Waals surface area contributed by atoms with Gasteiger partial charge in [-0.3, -0.25) is 9.59 Å². The summed E-state index contributed by atoms with van der Waals surface area (Å²) in [6, 6.07) is 16.0. The van der Waals surface area contributed by atoms with E-state index in [9.17, 15) is 14.4 Å². The van der Waals surface area contributed by atoms with Crippen LogP contribution in [0, 0.1) is 0 Å². The summed E-state index contributed by atoms with van der Waals surface area (Å²) in [5, 5.41) is 8.05. The van der Waals surface area contributed by atoms with E-state index in [0.717, 1.165) is 41.3 Å². The lowest BCUT2D eigenvalue weighted by molar-refractivity contribution is -0.113. The van der Waals surface area contributed by atoms with Crippen molar-refractivity contribution in [3.63, 3.8) is 0 Å². The van der Waals surface area contributed by atoms with E-state index in [1.807, 2.05) is 41.1 Å². The highest BCUT2D eigenvalue weighted by Crippen LogP contribution is 2.37. The molecule has 0 radical (unpaired) electrons. The Morgan fingerprint density at radius 3 is 2.59 bits per heavy atom. The number of hydrogen-bond donors (Lipinski definition) is 2. The molecule has 0 saturated heterocycles. The molecular weight excluding hydrogens is 575 g/mol. The number of ether oxygens (including phenoxy) is 1. The van der Waals surface area contributed by atoms with Crippen LogP contribution >= 0.6 is 34.4 Å². The number of thioether (sulfide) groups is 1. The standard InChI is InChI=1S/C31H27N3O4S3/c1-2-38-30(37)26-22(19-9-4-3-5-10-19)15-40-29(26)32-24(35)17-41-31-33-27(36)25-23(16-39-28(25)34-31)21-13-12-18-8-6-7-11-20(18)14-21/h3-5,9-10,12-16H,2,6-8,11,17H2,1H3,(H,32,35)(H,33,34,36). The fourth-order valence-corrected chi connectivity index (χ4v) is 7.73. The van der Waals surface area contributed by atoms with Crippen LogP contribution in [0.25, 0.3) is 32.5 Å². The second-order valence-corrected chi connectivity index (χ2v) is 12.4. The Hall–Kier alpha value is -3.73. The van der Waals surface area contributed by atoms with Gasteiger partial charge in [0.2, 0.25) is 5.91 Å². The van der Waals surface area contributed by atoms with Gasteiger partial charge in [-0.1, -0.05) is 60.3 Å². The van der Waals surface area contributed by atoms with Gasteiger partial charge >= 0.3 is 5.97 Å².